The highest BCUT2D eigenvalue weighted by Gasteiger charge is 2.36. The molecule has 1 aliphatic heterocycles. The molecule has 3 N–H and O–H groups in total. The lowest BCUT2D eigenvalue weighted by Gasteiger charge is -2.38. The molecule has 2 aromatic rings. The second-order valence-electron chi connectivity index (χ2n) is 9.68. The average Bonchev–Trinajstić information content (AvgIpc) is 3.21. The summed E-state index contributed by atoms with van der Waals surface area (Å²) in [6.45, 7) is 6.34. The van der Waals surface area contributed by atoms with Gasteiger partial charge in [-0.3, -0.25) is 9.52 Å². The van der Waals surface area contributed by atoms with Crippen molar-refractivity contribution >= 4 is 27.4 Å². The molecule has 0 aromatic carbocycles. The molecule has 35 heavy (non-hydrogen) atoms. The molecule has 1 aliphatic carbocycles. The number of hydrogen-bond donors (Lipinski definition) is 3. The van der Waals surface area contributed by atoms with Crippen molar-refractivity contribution in [2.24, 2.45) is 5.92 Å². The summed E-state index contributed by atoms with van der Waals surface area (Å²) in [5, 5.41) is 17.3. The van der Waals surface area contributed by atoms with Crippen molar-refractivity contribution in [2.75, 3.05) is 24.7 Å². The second-order valence-corrected chi connectivity index (χ2v) is 11.4. The highest BCUT2D eigenvalue weighted by Crippen LogP contribution is 2.35. The number of aliphatic hydroxyl groups is 1. The van der Waals surface area contributed by atoms with Crippen LogP contribution >= 0.6 is 0 Å². The molecule has 1 saturated heterocycles. The number of carbonyl (C=O) groups is 1. The van der Waals surface area contributed by atoms with Crippen LogP contribution in [-0.2, 0) is 14.8 Å². The number of nitrogens with zero attached hydrogens (tertiary/aromatic N) is 4. The molecule has 4 rings (SSSR count). The zero-order valence-corrected chi connectivity index (χ0v) is 21.5. The number of aromatic nitrogens is 3. The molecule has 2 aromatic heterocycles. The minimum Gasteiger partial charge on any atom is -0.394 e. The van der Waals surface area contributed by atoms with Crippen LogP contribution < -0.4 is 10.0 Å². The van der Waals surface area contributed by atoms with Gasteiger partial charge < -0.3 is 15.3 Å². The molecular formula is C24H34N6O4S. The number of nitrogens with one attached hydrogen (secondary N) is 2. The number of hydrogen-bond acceptors (Lipinski definition) is 7. The third kappa shape index (κ3) is 5.67. The van der Waals surface area contributed by atoms with E-state index in [0.717, 1.165) is 42.3 Å². The molecule has 3 heterocycles. The quantitative estimate of drug-likeness (QED) is 0.530. The zero-order valence-electron chi connectivity index (χ0n) is 20.7. The van der Waals surface area contributed by atoms with Gasteiger partial charge in [-0.15, -0.1) is 0 Å². The van der Waals surface area contributed by atoms with E-state index in [9.17, 15) is 18.3 Å². The van der Waals surface area contributed by atoms with Gasteiger partial charge in [0.15, 0.2) is 5.65 Å². The van der Waals surface area contributed by atoms with E-state index in [2.05, 4.69) is 15.0 Å². The number of anilines is 1. The highest BCUT2D eigenvalue weighted by molar-refractivity contribution is 7.88. The SMILES string of the molecule is CC1=CC=C(NS(C)(=O)=O)C(C(=O)N2CCCCC2c2cc3nc(NC(C)CO)c(C)cn3n2)C1. The van der Waals surface area contributed by atoms with Crippen molar-refractivity contribution in [3.05, 3.63) is 46.9 Å². The first-order valence-corrected chi connectivity index (χ1v) is 13.8. The second kappa shape index (κ2) is 9.98. The number of rotatable bonds is 7. The largest absolute Gasteiger partial charge is 0.394 e. The van der Waals surface area contributed by atoms with Crippen LogP contribution in [0.15, 0.2) is 35.7 Å². The van der Waals surface area contributed by atoms with Gasteiger partial charge in [-0.1, -0.05) is 11.6 Å². The van der Waals surface area contributed by atoms with Crippen molar-refractivity contribution in [2.45, 2.75) is 58.5 Å². The highest BCUT2D eigenvalue weighted by atomic mass is 32.2. The first-order chi connectivity index (χ1) is 16.6. The predicted octanol–water partition coefficient (Wildman–Crippen LogP) is 2.28. The Labute approximate surface area is 206 Å². The molecule has 3 atom stereocenters. The summed E-state index contributed by atoms with van der Waals surface area (Å²) in [4.78, 5) is 20.3. The minimum absolute atomic E-state index is 0.00356. The van der Waals surface area contributed by atoms with Gasteiger partial charge in [0, 0.05) is 36.1 Å². The van der Waals surface area contributed by atoms with Crippen LogP contribution in [0.1, 0.15) is 56.8 Å². The topological polar surface area (TPSA) is 129 Å². The van der Waals surface area contributed by atoms with Gasteiger partial charge in [0.2, 0.25) is 15.9 Å². The van der Waals surface area contributed by atoms with Crippen LogP contribution in [0.5, 0.6) is 0 Å². The maximum atomic E-state index is 13.8. The van der Waals surface area contributed by atoms with Gasteiger partial charge in [0.05, 0.1) is 30.5 Å². The molecule has 2 aliphatic rings. The summed E-state index contributed by atoms with van der Waals surface area (Å²) in [6.07, 6.45) is 9.65. The Kier molecular flexibility index (Phi) is 7.18. The molecule has 1 fully saturated rings. The van der Waals surface area contributed by atoms with Crippen LogP contribution in [0.25, 0.3) is 5.65 Å². The molecule has 190 valence electrons. The molecule has 10 nitrogen and oxygen atoms in total. The third-order valence-electron chi connectivity index (χ3n) is 6.49. The Morgan fingerprint density at radius 1 is 1.29 bits per heavy atom. The third-order valence-corrected chi connectivity index (χ3v) is 7.09. The van der Waals surface area contributed by atoms with Gasteiger partial charge in [-0.25, -0.2) is 17.9 Å². The van der Waals surface area contributed by atoms with E-state index in [1.807, 2.05) is 44.0 Å². The number of piperidine rings is 1. The normalized spacial score (nSPS) is 21.9. The number of fused-ring (bicyclic) bond motifs is 1. The molecule has 0 bridgehead atoms. The summed E-state index contributed by atoms with van der Waals surface area (Å²) in [5.41, 5.74) is 3.76. The first-order valence-electron chi connectivity index (χ1n) is 12.0. The van der Waals surface area contributed by atoms with Crippen molar-refractivity contribution in [1.82, 2.24) is 24.2 Å². The number of aliphatic hydroxyl groups excluding tert-OH is 1. The molecule has 3 unspecified atom stereocenters. The van der Waals surface area contributed by atoms with E-state index in [-0.39, 0.29) is 24.6 Å². The summed E-state index contributed by atoms with van der Waals surface area (Å²) in [7, 11) is -3.50. The summed E-state index contributed by atoms with van der Waals surface area (Å²) in [5.74, 6) is 0.0153. The summed E-state index contributed by atoms with van der Waals surface area (Å²) < 4.78 is 28.1. The lowest BCUT2D eigenvalue weighted by atomic mass is 9.89. The molecule has 11 heteroatoms. The summed E-state index contributed by atoms with van der Waals surface area (Å²) in [6, 6.07) is 1.56. The van der Waals surface area contributed by atoms with E-state index in [1.165, 1.54) is 0 Å². The standard InChI is InChI=1S/C24H34N6O4S/c1-15-8-9-19(28-35(4,33)34)18(11-15)24(32)29-10-6-5-7-21(29)20-12-22-26-23(25-17(3)14-31)16(2)13-30(22)27-20/h8-9,12-13,17-18,21,28,31H,5-7,10-11,14H2,1-4H3,(H,25,26). The molecule has 0 spiro atoms. The molecule has 1 amide bonds. The van der Waals surface area contributed by atoms with Crippen LogP contribution in [0.4, 0.5) is 5.82 Å². The number of allylic oxidation sites excluding steroid dienone is 3. The molecular weight excluding hydrogens is 468 g/mol. The number of aryl methyl sites for hydroxylation is 1. The lowest BCUT2D eigenvalue weighted by molar-refractivity contribution is -0.138. The maximum absolute atomic E-state index is 13.8. The van der Waals surface area contributed by atoms with Gasteiger partial charge in [0.1, 0.15) is 5.82 Å². The average molecular weight is 503 g/mol. The summed E-state index contributed by atoms with van der Waals surface area (Å²) >= 11 is 0. The van der Waals surface area contributed by atoms with E-state index in [1.54, 1.807) is 10.6 Å². The van der Waals surface area contributed by atoms with Gasteiger partial charge in [-0.05, 0) is 52.5 Å². The van der Waals surface area contributed by atoms with E-state index >= 15 is 0 Å². The van der Waals surface area contributed by atoms with E-state index in [4.69, 9.17) is 5.10 Å². The fourth-order valence-corrected chi connectivity index (χ4v) is 5.35. The zero-order chi connectivity index (χ0) is 25.3. The Balaban J connectivity index is 1.64. The van der Waals surface area contributed by atoms with Crippen molar-refractivity contribution < 1.29 is 18.3 Å². The fourth-order valence-electron chi connectivity index (χ4n) is 4.71. The lowest BCUT2D eigenvalue weighted by Crippen LogP contribution is -2.44. The molecule has 0 radical (unpaired) electrons. The van der Waals surface area contributed by atoms with Crippen molar-refractivity contribution in [3.63, 3.8) is 0 Å². The van der Waals surface area contributed by atoms with E-state index in [0.29, 0.717) is 30.1 Å². The van der Waals surface area contributed by atoms with Gasteiger partial charge >= 0.3 is 0 Å². The predicted molar refractivity (Wildman–Crippen MR) is 134 cm³/mol. The number of amides is 1. The number of likely N-dealkylation sites (tertiary alicyclic amines) is 1. The van der Waals surface area contributed by atoms with Crippen LogP contribution in [0, 0.1) is 12.8 Å². The number of sulfonamides is 1. The molecule has 0 saturated carbocycles. The van der Waals surface area contributed by atoms with E-state index < -0.39 is 15.9 Å². The smallest absolute Gasteiger partial charge is 0.232 e. The Morgan fingerprint density at radius 3 is 2.77 bits per heavy atom. The van der Waals surface area contributed by atoms with Gasteiger partial charge in [-0.2, -0.15) is 5.10 Å². The van der Waals surface area contributed by atoms with Crippen LogP contribution in [0.2, 0.25) is 0 Å². The van der Waals surface area contributed by atoms with Crippen LogP contribution in [0.3, 0.4) is 0 Å². The van der Waals surface area contributed by atoms with Crippen LogP contribution in [-0.4, -0.2) is 64.4 Å². The maximum Gasteiger partial charge on any atom is 0.232 e. The monoisotopic (exact) mass is 502 g/mol. The minimum atomic E-state index is -3.50. The van der Waals surface area contributed by atoms with Crippen molar-refractivity contribution in [3.8, 4) is 0 Å². The number of carbonyl (C=O) groups excluding carboxylic acids is 1. The fraction of sp³-hybridized carbons (Fsp3) is 0.542. The first kappa shape index (κ1) is 25.2. The van der Waals surface area contributed by atoms with Gasteiger partial charge in [0.25, 0.3) is 0 Å². The Hall–Kier alpha value is -2.92. The van der Waals surface area contributed by atoms with Crippen molar-refractivity contribution in [1.29, 1.82) is 0 Å². The Bertz CT molecular complexity index is 1280. The Morgan fingerprint density at radius 2 is 2.06 bits per heavy atom.